The average Bonchev–Trinajstić information content (AvgIpc) is 2.53. The van der Waals surface area contributed by atoms with Crippen LogP contribution in [0.1, 0.15) is 38.8 Å². The zero-order chi connectivity index (χ0) is 17.9. The number of esters is 1. The van der Waals surface area contributed by atoms with Gasteiger partial charge in [-0.15, -0.1) is 0 Å². The van der Waals surface area contributed by atoms with E-state index in [1.54, 1.807) is 24.0 Å². The van der Waals surface area contributed by atoms with Gasteiger partial charge in [0.1, 0.15) is 5.82 Å². The van der Waals surface area contributed by atoms with Crippen LogP contribution < -0.4 is 5.32 Å². The lowest BCUT2D eigenvalue weighted by atomic mass is 9.94. The lowest BCUT2D eigenvalue weighted by Crippen LogP contribution is -2.48. The van der Waals surface area contributed by atoms with Crippen molar-refractivity contribution in [1.82, 2.24) is 10.2 Å². The zero-order valence-corrected chi connectivity index (χ0v) is 14.4. The normalized spacial score (nSPS) is 18.0. The minimum Gasteiger partial charge on any atom is -0.466 e. The standard InChI is InChI=1S/C18H23FN2O3/c1-11(2)8-9-21-12(3)15(17(22)24-4)16(20-18(21)23)13-6-5-7-14(19)10-13/h5-7,10-11,16H,8-9H2,1-4H3,(H,20,23)/t16-/m0/s1. The van der Waals surface area contributed by atoms with Crippen LogP contribution in [0.25, 0.3) is 0 Å². The van der Waals surface area contributed by atoms with E-state index < -0.39 is 17.8 Å². The number of nitrogens with one attached hydrogen (secondary N) is 1. The van der Waals surface area contributed by atoms with Crippen molar-refractivity contribution >= 4 is 12.0 Å². The third kappa shape index (κ3) is 3.75. The fourth-order valence-electron chi connectivity index (χ4n) is 2.75. The Morgan fingerprint density at radius 2 is 2.12 bits per heavy atom. The summed E-state index contributed by atoms with van der Waals surface area (Å²) < 4.78 is 18.4. The maximum atomic E-state index is 13.6. The van der Waals surface area contributed by atoms with Gasteiger partial charge in [-0.1, -0.05) is 26.0 Å². The highest BCUT2D eigenvalue weighted by Gasteiger charge is 2.36. The van der Waals surface area contributed by atoms with Crippen molar-refractivity contribution in [2.45, 2.75) is 33.2 Å². The summed E-state index contributed by atoms with van der Waals surface area (Å²) in [6, 6.07) is 4.83. The van der Waals surface area contributed by atoms with Crippen LogP contribution in [-0.2, 0) is 9.53 Å². The van der Waals surface area contributed by atoms with Gasteiger partial charge in [-0.25, -0.2) is 14.0 Å². The molecule has 130 valence electrons. The lowest BCUT2D eigenvalue weighted by molar-refractivity contribution is -0.136. The summed E-state index contributed by atoms with van der Waals surface area (Å²) in [5.74, 6) is -0.532. The number of hydrogen-bond donors (Lipinski definition) is 1. The number of benzene rings is 1. The van der Waals surface area contributed by atoms with Gasteiger partial charge in [-0.3, -0.25) is 4.90 Å². The molecule has 0 aromatic heterocycles. The minimum atomic E-state index is -0.726. The molecule has 1 aromatic carbocycles. The van der Waals surface area contributed by atoms with Gasteiger partial charge in [-0.05, 0) is 37.0 Å². The van der Waals surface area contributed by atoms with Crippen molar-refractivity contribution in [3.8, 4) is 0 Å². The van der Waals surface area contributed by atoms with Crippen molar-refractivity contribution in [1.29, 1.82) is 0 Å². The quantitative estimate of drug-likeness (QED) is 0.840. The third-order valence-electron chi connectivity index (χ3n) is 4.11. The fourth-order valence-corrected chi connectivity index (χ4v) is 2.75. The Balaban J connectivity index is 2.45. The molecular weight excluding hydrogens is 311 g/mol. The van der Waals surface area contributed by atoms with E-state index in [4.69, 9.17) is 4.74 Å². The molecule has 5 nitrogen and oxygen atoms in total. The largest absolute Gasteiger partial charge is 0.466 e. The molecule has 0 fully saturated rings. The Bertz CT molecular complexity index is 670. The third-order valence-corrected chi connectivity index (χ3v) is 4.11. The number of allylic oxidation sites excluding steroid dienone is 1. The lowest BCUT2D eigenvalue weighted by Gasteiger charge is -2.35. The number of amides is 2. The van der Waals surface area contributed by atoms with E-state index in [2.05, 4.69) is 19.2 Å². The molecule has 0 spiro atoms. The average molecular weight is 334 g/mol. The van der Waals surface area contributed by atoms with Crippen LogP contribution in [0.2, 0.25) is 0 Å². The molecule has 1 aromatic rings. The molecule has 0 bridgehead atoms. The monoisotopic (exact) mass is 334 g/mol. The Morgan fingerprint density at radius 1 is 1.42 bits per heavy atom. The van der Waals surface area contributed by atoms with E-state index in [1.165, 1.54) is 19.2 Å². The highest BCUT2D eigenvalue weighted by atomic mass is 19.1. The molecule has 6 heteroatoms. The molecule has 1 aliphatic heterocycles. The van der Waals surface area contributed by atoms with Gasteiger partial charge in [0.2, 0.25) is 0 Å². The first kappa shape index (κ1) is 18.0. The van der Waals surface area contributed by atoms with Gasteiger partial charge in [-0.2, -0.15) is 0 Å². The van der Waals surface area contributed by atoms with Crippen molar-refractivity contribution in [2.75, 3.05) is 13.7 Å². The zero-order valence-electron chi connectivity index (χ0n) is 14.4. The summed E-state index contributed by atoms with van der Waals surface area (Å²) in [5.41, 5.74) is 1.37. The molecule has 0 aliphatic carbocycles. The van der Waals surface area contributed by atoms with Gasteiger partial charge in [0.25, 0.3) is 0 Å². The second-order valence-corrected chi connectivity index (χ2v) is 6.26. The number of carbonyl (C=O) groups excluding carboxylic acids is 2. The van der Waals surface area contributed by atoms with E-state index in [0.29, 0.717) is 29.3 Å². The molecule has 1 atom stereocenters. The summed E-state index contributed by atoms with van der Waals surface area (Å²) in [6.07, 6.45) is 0.809. The van der Waals surface area contributed by atoms with E-state index in [9.17, 15) is 14.0 Å². The first-order chi connectivity index (χ1) is 11.3. The van der Waals surface area contributed by atoms with Crippen LogP contribution >= 0.6 is 0 Å². The first-order valence-corrected chi connectivity index (χ1v) is 7.97. The number of rotatable bonds is 5. The summed E-state index contributed by atoms with van der Waals surface area (Å²) >= 11 is 0. The molecule has 1 heterocycles. The molecule has 1 aliphatic rings. The molecule has 0 unspecified atom stereocenters. The highest BCUT2D eigenvalue weighted by Crippen LogP contribution is 2.31. The summed E-state index contributed by atoms with van der Waals surface area (Å²) in [5, 5.41) is 2.79. The predicted molar refractivity (Wildman–Crippen MR) is 88.5 cm³/mol. The van der Waals surface area contributed by atoms with E-state index >= 15 is 0 Å². The molecule has 2 amide bonds. The number of ether oxygens (including phenoxy) is 1. The molecule has 2 rings (SSSR count). The summed E-state index contributed by atoms with van der Waals surface area (Å²) in [7, 11) is 1.29. The Kier molecular flexibility index (Phi) is 5.59. The van der Waals surface area contributed by atoms with Crippen molar-refractivity contribution in [2.24, 2.45) is 5.92 Å². The van der Waals surface area contributed by atoms with E-state index in [0.717, 1.165) is 6.42 Å². The number of carbonyl (C=O) groups is 2. The van der Waals surface area contributed by atoms with Crippen molar-refractivity contribution < 1.29 is 18.7 Å². The Morgan fingerprint density at radius 3 is 2.71 bits per heavy atom. The molecule has 0 saturated heterocycles. The van der Waals surface area contributed by atoms with Crippen molar-refractivity contribution in [3.05, 3.63) is 46.9 Å². The Labute approximate surface area is 141 Å². The van der Waals surface area contributed by atoms with Crippen LogP contribution in [0.5, 0.6) is 0 Å². The van der Waals surface area contributed by atoms with Gasteiger partial charge in [0, 0.05) is 12.2 Å². The van der Waals surface area contributed by atoms with Crippen LogP contribution in [-0.4, -0.2) is 30.6 Å². The summed E-state index contributed by atoms with van der Waals surface area (Å²) in [4.78, 5) is 26.3. The second-order valence-electron chi connectivity index (χ2n) is 6.26. The van der Waals surface area contributed by atoms with Crippen LogP contribution in [0.3, 0.4) is 0 Å². The SMILES string of the molecule is COC(=O)C1=C(C)N(CCC(C)C)C(=O)N[C@H]1c1cccc(F)c1. The topological polar surface area (TPSA) is 58.6 Å². The number of hydrogen-bond acceptors (Lipinski definition) is 3. The molecular formula is C18H23FN2O3. The van der Waals surface area contributed by atoms with E-state index in [-0.39, 0.29) is 6.03 Å². The van der Waals surface area contributed by atoms with Gasteiger partial charge < -0.3 is 10.1 Å². The maximum absolute atomic E-state index is 13.6. The van der Waals surface area contributed by atoms with E-state index in [1.807, 2.05) is 0 Å². The highest BCUT2D eigenvalue weighted by molar-refractivity contribution is 5.94. The second kappa shape index (κ2) is 7.47. The molecule has 24 heavy (non-hydrogen) atoms. The molecule has 1 N–H and O–H groups in total. The van der Waals surface area contributed by atoms with Gasteiger partial charge >= 0.3 is 12.0 Å². The number of nitrogens with zero attached hydrogens (tertiary/aromatic N) is 1. The van der Waals surface area contributed by atoms with Gasteiger partial charge in [0.15, 0.2) is 0 Å². The molecule has 0 saturated carbocycles. The number of urea groups is 1. The first-order valence-electron chi connectivity index (χ1n) is 7.97. The van der Waals surface area contributed by atoms with Crippen LogP contribution in [0, 0.1) is 11.7 Å². The van der Waals surface area contributed by atoms with Crippen LogP contribution in [0.4, 0.5) is 9.18 Å². The predicted octanol–water partition coefficient (Wildman–Crippen LogP) is 3.39. The number of halogens is 1. The Hall–Kier alpha value is -2.37. The van der Waals surface area contributed by atoms with Gasteiger partial charge in [0.05, 0.1) is 18.7 Å². The number of methoxy groups -OCH3 is 1. The fraction of sp³-hybridized carbons (Fsp3) is 0.444. The smallest absolute Gasteiger partial charge is 0.337 e. The summed E-state index contributed by atoms with van der Waals surface area (Å²) in [6.45, 7) is 6.36. The van der Waals surface area contributed by atoms with Crippen molar-refractivity contribution in [3.63, 3.8) is 0 Å². The molecule has 0 radical (unpaired) electrons. The van der Waals surface area contributed by atoms with Crippen LogP contribution in [0.15, 0.2) is 35.5 Å². The minimum absolute atomic E-state index is 0.296. The maximum Gasteiger partial charge on any atom is 0.337 e.